The number of hydrogen-bond acceptors (Lipinski definition) is 4. The van der Waals surface area contributed by atoms with Crippen molar-refractivity contribution < 1.29 is 9.59 Å². The Kier molecular flexibility index (Phi) is 6.21. The third kappa shape index (κ3) is 4.93. The molecule has 27 heavy (non-hydrogen) atoms. The predicted octanol–water partition coefficient (Wildman–Crippen LogP) is 2.74. The van der Waals surface area contributed by atoms with Crippen molar-refractivity contribution in [2.45, 2.75) is 39.8 Å². The average Bonchev–Trinajstić information content (AvgIpc) is 3.12. The van der Waals surface area contributed by atoms with E-state index in [0.717, 1.165) is 25.1 Å². The molecule has 0 aromatic carbocycles. The van der Waals surface area contributed by atoms with Crippen LogP contribution >= 0.6 is 0 Å². The summed E-state index contributed by atoms with van der Waals surface area (Å²) in [7, 11) is 0. The van der Waals surface area contributed by atoms with E-state index in [2.05, 4.69) is 33.7 Å². The van der Waals surface area contributed by atoms with Gasteiger partial charge in [-0.3, -0.25) is 9.78 Å². The first-order valence-corrected chi connectivity index (χ1v) is 9.51. The first-order valence-electron chi connectivity index (χ1n) is 9.51. The molecular weight excluding hydrogens is 342 g/mol. The Morgan fingerprint density at radius 1 is 1.33 bits per heavy atom. The highest BCUT2D eigenvalue weighted by Crippen LogP contribution is 2.20. The molecule has 1 atom stereocenters. The van der Waals surface area contributed by atoms with Crippen LogP contribution in [0.15, 0.2) is 36.9 Å². The molecule has 0 unspecified atom stereocenters. The molecule has 1 aliphatic rings. The van der Waals surface area contributed by atoms with Gasteiger partial charge in [-0.25, -0.2) is 9.78 Å². The van der Waals surface area contributed by atoms with E-state index in [1.165, 1.54) is 0 Å². The predicted molar refractivity (Wildman–Crippen MR) is 102 cm³/mol. The monoisotopic (exact) mass is 369 g/mol. The number of amides is 2. The molecular formula is C20H27N5O2. The SMILES string of the molecule is CC(C)Cn1cncc1CNC(=O)N1CCC[C@@H](C(=O)c2ccccn2)C1. The second-order valence-corrected chi connectivity index (χ2v) is 7.45. The minimum absolute atomic E-state index is 0.0168. The number of ketones is 1. The highest BCUT2D eigenvalue weighted by atomic mass is 16.2. The van der Waals surface area contributed by atoms with E-state index in [9.17, 15) is 9.59 Å². The zero-order valence-corrected chi connectivity index (χ0v) is 16.0. The zero-order chi connectivity index (χ0) is 19.2. The highest BCUT2D eigenvalue weighted by molar-refractivity contribution is 5.96. The van der Waals surface area contributed by atoms with E-state index < -0.39 is 0 Å². The van der Waals surface area contributed by atoms with Gasteiger partial charge in [-0.1, -0.05) is 19.9 Å². The maximum Gasteiger partial charge on any atom is 0.317 e. The number of aromatic nitrogens is 3. The molecule has 2 aromatic rings. The number of nitrogens with one attached hydrogen (secondary N) is 1. The van der Waals surface area contributed by atoms with Crippen LogP contribution < -0.4 is 5.32 Å². The van der Waals surface area contributed by atoms with Crippen molar-refractivity contribution in [1.29, 1.82) is 0 Å². The van der Waals surface area contributed by atoms with Crippen LogP contribution in [0.1, 0.15) is 42.9 Å². The number of pyridine rings is 1. The normalized spacial score (nSPS) is 17.1. The summed E-state index contributed by atoms with van der Waals surface area (Å²) in [4.78, 5) is 35.3. The summed E-state index contributed by atoms with van der Waals surface area (Å²) in [6, 6.07) is 5.21. The van der Waals surface area contributed by atoms with Gasteiger partial charge in [0.25, 0.3) is 0 Å². The third-order valence-corrected chi connectivity index (χ3v) is 4.78. The fourth-order valence-electron chi connectivity index (χ4n) is 3.42. The number of urea groups is 1. The number of piperidine rings is 1. The van der Waals surface area contributed by atoms with Gasteiger partial charge >= 0.3 is 6.03 Å². The van der Waals surface area contributed by atoms with Gasteiger partial charge in [-0.15, -0.1) is 0 Å². The standard InChI is InChI=1S/C20H27N5O2/c1-15(2)12-25-14-21-10-17(25)11-23-20(27)24-9-5-6-16(13-24)19(26)18-7-3-4-8-22-18/h3-4,7-8,10,14-16H,5-6,9,11-13H2,1-2H3,(H,23,27)/t16-/m1/s1. The molecule has 1 saturated heterocycles. The Bertz CT molecular complexity index is 772. The van der Waals surface area contributed by atoms with Crippen LogP contribution in [0.4, 0.5) is 4.79 Å². The lowest BCUT2D eigenvalue weighted by Gasteiger charge is -2.32. The summed E-state index contributed by atoms with van der Waals surface area (Å²) in [6.07, 6.45) is 6.82. The van der Waals surface area contributed by atoms with Crippen LogP contribution in [-0.4, -0.2) is 44.3 Å². The number of imidazole rings is 1. The molecule has 0 aliphatic carbocycles. The van der Waals surface area contributed by atoms with Crippen LogP contribution in [0.25, 0.3) is 0 Å². The van der Waals surface area contributed by atoms with Crippen molar-refractivity contribution in [3.8, 4) is 0 Å². The third-order valence-electron chi connectivity index (χ3n) is 4.78. The molecule has 0 spiro atoms. The highest BCUT2D eigenvalue weighted by Gasteiger charge is 2.29. The lowest BCUT2D eigenvalue weighted by molar-refractivity contribution is 0.0840. The van der Waals surface area contributed by atoms with E-state index in [-0.39, 0.29) is 17.7 Å². The largest absolute Gasteiger partial charge is 0.333 e. The lowest BCUT2D eigenvalue weighted by atomic mass is 9.92. The number of likely N-dealkylation sites (tertiary alicyclic amines) is 1. The molecule has 3 rings (SSSR count). The van der Waals surface area contributed by atoms with Crippen molar-refractivity contribution in [2.24, 2.45) is 11.8 Å². The molecule has 1 fully saturated rings. The van der Waals surface area contributed by atoms with E-state index >= 15 is 0 Å². The van der Waals surface area contributed by atoms with Crippen LogP contribution in [-0.2, 0) is 13.1 Å². The number of hydrogen-bond donors (Lipinski definition) is 1. The maximum absolute atomic E-state index is 12.6. The van der Waals surface area contributed by atoms with E-state index in [1.807, 2.05) is 6.07 Å². The van der Waals surface area contributed by atoms with E-state index in [4.69, 9.17) is 0 Å². The van der Waals surface area contributed by atoms with Gasteiger partial charge in [0, 0.05) is 37.9 Å². The van der Waals surface area contributed by atoms with Gasteiger partial charge < -0.3 is 14.8 Å². The van der Waals surface area contributed by atoms with Gasteiger partial charge in [0.1, 0.15) is 5.69 Å². The summed E-state index contributed by atoms with van der Waals surface area (Å²) in [6.45, 7) is 6.70. The second kappa shape index (κ2) is 8.79. The Morgan fingerprint density at radius 3 is 2.93 bits per heavy atom. The lowest BCUT2D eigenvalue weighted by Crippen LogP contribution is -2.47. The van der Waals surface area contributed by atoms with Crippen molar-refractivity contribution in [3.05, 3.63) is 48.3 Å². The number of carbonyl (C=O) groups is 2. The summed E-state index contributed by atoms with van der Waals surface area (Å²) < 4.78 is 2.06. The zero-order valence-electron chi connectivity index (χ0n) is 16.0. The molecule has 1 N–H and O–H groups in total. The molecule has 7 nitrogen and oxygen atoms in total. The Labute approximate surface area is 159 Å². The van der Waals surface area contributed by atoms with Crippen molar-refractivity contribution in [2.75, 3.05) is 13.1 Å². The minimum atomic E-state index is -0.189. The van der Waals surface area contributed by atoms with Crippen LogP contribution in [0.2, 0.25) is 0 Å². The molecule has 3 heterocycles. The van der Waals surface area contributed by atoms with Crippen molar-refractivity contribution in [1.82, 2.24) is 24.8 Å². The summed E-state index contributed by atoms with van der Waals surface area (Å²) in [5.74, 6) is 0.336. The number of carbonyl (C=O) groups excluding carboxylic acids is 2. The first kappa shape index (κ1) is 19.1. The second-order valence-electron chi connectivity index (χ2n) is 7.45. The van der Waals surface area contributed by atoms with Crippen molar-refractivity contribution >= 4 is 11.8 Å². The smallest absolute Gasteiger partial charge is 0.317 e. The maximum atomic E-state index is 12.6. The first-order chi connectivity index (χ1) is 13.0. The van der Waals surface area contributed by atoms with Crippen LogP contribution in [0.3, 0.4) is 0 Å². The van der Waals surface area contributed by atoms with Gasteiger partial charge in [0.2, 0.25) is 0 Å². The van der Waals surface area contributed by atoms with Gasteiger partial charge in [0.15, 0.2) is 5.78 Å². The minimum Gasteiger partial charge on any atom is -0.333 e. The van der Waals surface area contributed by atoms with Crippen LogP contribution in [0, 0.1) is 11.8 Å². The fourth-order valence-corrected chi connectivity index (χ4v) is 3.42. The fraction of sp³-hybridized carbons (Fsp3) is 0.500. The Hall–Kier alpha value is -2.70. The van der Waals surface area contributed by atoms with Gasteiger partial charge in [-0.05, 0) is 30.9 Å². The molecule has 2 amide bonds. The molecule has 2 aromatic heterocycles. The average molecular weight is 369 g/mol. The van der Waals surface area contributed by atoms with Crippen molar-refractivity contribution in [3.63, 3.8) is 0 Å². The Morgan fingerprint density at radius 2 is 2.19 bits per heavy atom. The summed E-state index contributed by atoms with van der Waals surface area (Å²) in [5, 5.41) is 2.97. The van der Waals surface area contributed by atoms with Gasteiger partial charge in [-0.2, -0.15) is 0 Å². The molecule has 144 valence electrons. The molecule has 0 radical (unpaired) electrons. The molecule has 0 bridgehead atoms. The molecule has 0 saturated carbocycles. The van der Waals surface area contributed by atoms with E-state index in [1.54, 1.807) is 35.8 Å². The molecule has 1 aliphatic heterocycles. The number of Topliss-reactive ketones (excluding diaryl/α,β-unsaturated/α-hetero) is 1. The van der Waals surface area contributed by atoms with Gasteiger partial charge in [0.05, 0.1) is 18.6 Å². The van der Waals surface area contributed by atoms with E-state index in [0.29, 0.717) is 31.2 Å². The summed E-state index contributed by atoms with van der Waals surface area (Å²) in [5.41, 5.74) is 1.46. The number of nitrogens with zero attached hydrogens (tertiary/aromatic N) is 4. The van der Waals surface area contributed by atoms with Crippen LogP contribution in [0.5, 0.6) is 0 Å². The summed E-state index contributed by atoms with van der Waals surface area (Å²) >= 11 is 0. The Balaban J connectivity index is 1.56. The molecule has 7 heteroatoms. The number of rotatable bonds is 6. The quantitative estimate of drug-likeness (QED) is 0.794. The topological polar surface area (TPSA) is 80.1 Å².